The SMILES string of the molecule is COc1cccc(C=CC(=O)Nc2ccc3ccccc3c2)c1. The van der Waals surface area contributed by atoms with Crippen LogP contribution in [0.4, 0.5) is 5.69 Å². The fourth-order valence-corrected chi connectivity index (χ4v) is 2.37. The largest absolute Gasteiger partial charge is 0.497 e. The van der Waals surface area contributed by atoms with Gasteiger partial charge in [-0.25, -0.2) is 0 Å². The van der Waals surface area contributed by atoms with Gasteiger partial charge >= 0.3 is 0 Å². The first kappa shape index (κ1) is 14.9. The summed E-state index contributed by atoms with van der Waals surface area (Å²) in [6, 6.07) is 21.5. The number of fused-ring (bicyclic) bond motifs is 1. The number of hydrogen-bond acceptors (Lipinski definition) is 2. The molecule has 0 fully saturated rings. The standard InChI is InChI=1S/C20H17NO2/c1-23-19-8-4-5-15(13-19)9-12-20(22)21-18-11-10-16-6-2-3-7-17(16)14-18/h2-14H,1H3,(H,21,22). The molecule has 0 aromatic heterocycles. The Morgan fingerprint density at radius 2 is 1.78 bits per heavy atom. The highest BCUT2D eigenvalue weighted by Crippen LogP contribution is 2.19. The fraction of sp³-hybridized carbons (Fsp3) is 0.0500. The molecule has 0 unspecified atom stereocenters. The summed E-state index contributed by atoms with van der Waals surface area (Å²) >= 11 is 0. The zero-order chi connectivity index (χ0) is 16.1. The van der Waals surface area contributed by atoms with Crippen LogP contribution >= 0.6 is 0 Å². The Balaban J connectivity index is 1.71. The number of methoxy groups -OCH3 is 1. The Hall–Kier alpha value is -3.07. The highest BCUT2D eigenvalue weighted by Gasteiger charge is 2.00. The summed E-state index contributed by atoms with van der Waals surface area (Å²) in [6.07, 6.45) is 3.28. The van der Waals surface area contributed by atoms with Gasteiger partial charge in [0.1, 0.15) is 5.75 Å². The molecule has 1 amide bonds. The van der Waals surface area contributed by atoms with Crippen LogP contribution in [0, 0.1) is 0 Å². The first-order chi connectivity index (χ1) is 11.2. The van der Waals surface area contributed by atoms with Gasteiger partial charge in [-0.05, 0) is 46.7 Å². The summed E-state index contributed by atoms with van der Waals surface area (Å²) in [7, 11) is 1.62. The molecule has 1 N–H and O–H groups in total. The molecule has 0 saturated carbocycles. The van der Waals surface area contributed by atoms with Gasteiger partial charge in [-0.3, -0.25) is 4.79 Å². The lowest BCUT2D eigenvalue weighted by atomic mass is 10.1. The van der Waals surface area contributed by atoms with Crippen LogP contribution in [-0.2, 0) is 4.79 Å². The number of rotatable bonds is 4. The van der Waals surface area contributed by atoms with E-state index in [1.807, 2.05) is 66.7 Å². The minimum atomic E-state index is -0.164. The average molecular weight is 303 g/mol. The van der Waals surface area contributed by atoms with Crippen LogP contribution in [0.25, 0.3) is 16.8 Å². The van der Waals surface area contributed by atoms with Gasteiger partial charge in [0.2, 0.25) is 5.91 Å². The van der Waals surface area contributed by atoms with Crippen LogP contribution in [0.3, 0.4) is 0 Å². The minimum absolute atomic E-state index is 0.164. The molecule has 0 saturated heterocycles. The van der Waals surface area contributed by atoms with Gasteiger partial charge in [-0.1, -0.05) is 42.5 Å². The monoisotopic (exact) mass is 303 g/mol. The van der Waals surface area contributed by atoms with Gasteiger partial charge < -0.3 is 10.1 Å². The Morgan fingerprint density at radius 3 is 2.61 bits per heavy atom. The molecule has 3 rings (SSSR count). The van der Waals surface area contributed by atoms with Crippen molar-refractivity contribution < 1.29 is 9.53 Å². The Labute approximate surface area is 135 Å². The van der Waals surface area contributed by atoms with Gasteiger partial charge in [0.25, 0.3) is 0 Å². The molecule has 0 atom stereocenters. The maximum Gasteiger partial charge on any atom is 0.248 e. The number of carbonyl (C=O) groups excluding carboxylic acids is 1. The van der Waals surface area contributed by atoms with Crippen LogP contribution in [-0.4, -0.2) is 13.0 Å². The second-order valence-electron chi connectivity index (χ2n) is 5.16. The Kier molecular flexibility index (Phi) is 4.39. The summed E-state index contributed by atoms with van der Waals surface area (Å²) < 4.78 is 5.16. The van der Waals surface area contributed by atoms with E-state index in [-0.39, 0.29) is 5.91 Å². The highest BCUT2D eigenvalue weighted by molar-refractivity contribution is 6.03. The lowest BCUT2D eigenvalue weighted by Crippen LogP contribution is -2.07. The molecule has 3 aromatic carbocycles. The van der Waals surface area contributed by atoms with E-state index in [9.17, 15) is 4.79 Å². The smallest absolute Gasteiger partial charge is 0.248 e. The predicted molar refractivity (Wildman–Crippen MR) is 94.6 cm³/mol. The van der Waals surface area contributed by atoms with E-state index in [1.54, 1.807) is 13.2 Å². The first-order valence-electron chi connectivity index (χ1n) is 7.36. The molecule has 23 heavy (non-hydrogen) atoms. The summed E-state index contributed by atoms with van der Waals surface area (Å²) in [4.78, 5) is 12.0. The van der Waals surface area contributed by atoms with Gasteiger partial charge in [0.15, 0.2) is 0 Å². The quantitative estimate of drug-likeness (QED) is 0.721. The van der Waals surface area contributed by atoms with Gasteiger partial charge in [0, 0.05) is 11.8 Å². The molecule has 0 spiro atoms. The molecule has 3 heteroatoms. The third-order valence-corrected chi connectivity index (χ3v) is 3.54. The van der Waals surface area contributed by atoms with Crippen molar-refractivity contribution in [2.45, 2.75) is 0 Å². The lowest BCUT2D eigenvalue weighted by Gasteiger charge is -2.04. The molecule has 0 aliphatic carbocycles. The van der Waals surface area contributed by atoms with Crippen LogP contribution < -0.4 is 10.1 Å². The number of hydrogen-bond donors (Lipinski definition) is 1. The van der Waals surface area contributed by atoms with E-state index in [4.69, 9.17) is 4.74 Å². The van der Waals surface area contributed by atoms with E-state index >= 15 is 0 Å². The van der Waals surface area contributed by atoms with E-state index in [1.165, 1.54) is 6.08 Å². The number of anilines is 1. The van der Waals surface area contributed by atoms with E-state index in [2.05, 4.69) is 5.32 Å². The van der Waals surface area contributed by atoms with Gasteiger partial charge in [-0.15, -0.1) is 0 Å². The molecule has 0 bridgehead atoms. The van der Waals surface area contributed by atoms with Crippen molar-refractivity contribution >= 4 is 28.4 Å². The zero-order valence-electron chi connectivity index (χ0n) is 12.8. The molecule has 0 aliphatic rings. The van der Waals surface area contributed by atoms with Crippen molar-refractivity contribution in [1.29, 1.82) is 0 Å². The van der Waals surface area contributed by atoms with E-state index < -0.39 is 0 Å². The summed E-state index contributed by atoms with van der Waals surface area (Å²) in [5.41, 5.74) is 1.70. The van der Waals surface area contributed by atoms with Crippen molar-refractivity contribution in [2.75, 3.05) is 12.4 Å². The normalized spacial score (nSPS) is 10.8. The molecular weight excluding hydrogens is 286 g/mol. The minimum Gasteiger partial charge on any atom is -0.497 e. The third kappa shape index (κ3) is 3.77. The van der Waals surface area contributed by atoms with Crippen molar-refractivity contribution in [2.24, 2.45) is 0 Å². The Bertz CT molecular complexity index is 868. The Morgan fingerprint density at radius 1 is 0.957 bits per heavy atom. The van der Waals surface area contributed by atoms with Crippen molar-refractivity contribution in [3.63, 3.8) is 0 Å². The van der Waals surface area contributed by atoms with Crippen LogP contribution in [0.15, 0.2) is 72.8 Å². The van der Waals surface area contributed by atoms with Crippen LogP contribution in [0.5, 0.6) is 5.75 Å². The maximum absolute atomic E-state index is 12.0. The topological polar surface area (TPSA) is 38.3 Å². The van der Waals surface area contributed by atoms with Crippen molar-refractivity contribution in [3.05, 3.63) is 78.4 Å². The summed E-state index contributed by atoms with van der Waals surface area (Å²) in [5.74, 6) is 0.602. The van der Waals surface area contributed by atoms with Crippen LogP contribution in [0.1, 0.15) is 5.56 Å². The second kappa shape index (κ2) is 6.79. The first-order valence-corrected chi connectivity index (χ1v) is 7.36. The van der Waals surface area contributed by atoms with Crippen LogP contribution in [0.2, 0.25) is 0 Å². The van der Waals surface area contributed by atoms with Crippen molar-refractivity contribution in [1.82, 2.24) is 0 Å². The third-order valence-electron chi connectivity index (χ3n) is 3.54. The van der Waals surface area contributed by atoms with E-state index in [0.29, 0.717) is 0 Å². The molecule has 0 radical (unpaired) electrons. The molecular formula is C20H17NO2. The number of benzene rings is 3. The molecule has 3 nitrogen and oxygen atoms in total. The summed E-state index contributed by atoms with van der Waals surface area (Å²) in [5, 5.41) is 5.13. The molecule has 114 valence electrons. The summed E-state index contributed by atoms with van der Waals surface area (Å²) in [6.45, 7) is 0. The number of nitrogens with one attached hydrogen (secondary N) is 1. The molecule has 3 aromatic rings. The average Bonchev–Trinajstić information content (AvgIpc) is 2.60. The van der Waals surface area contributed by atoms with Gasteiger partial charge in [0.05, 0.1) is 7.11 Å². The number of amides is 1. The fourth-order valence-electron chi connectivity index (χ4n) is 2.37. The molecule has 0 heterocycles. The number of carbonyl (C=O) groups is 1. The maximum atomic E-state index is 12.0. The second-order valence-corrected chi connectivity index (χ2v) is 5.16. The highest BCUT2D eigenvalue weighted by atomic mass is 16.5. The van der Waals surface area contributed by atoms with Crippen molar-refractivity contribution in [3.8, 4) is 5.75 Å². The predicted octanol–water partition coefficient (Wildman–Crippen LogP) is 4.50. The molecule has 0 aliphatic heterocycles. The number of ether oxygens (including phenoxy) is 1. The van der Waals surface area contributed by atoms with E-state index in [0.717, 1.165) is 27.8 Å². The zero-order valence-corrected chi connectivity index (χ0v) is 12.8. The lowest BCUT2D eigenvalue weighted by molar-refractivity contribution is -0.111. The van der Waals surface area contributed by atoms with Gasteiger partial charge in [-0.2, -0.15) is 0 Å².